The van der Waals surface area contributed by atoms with Crippen LogP contribution in [-0.2, 0) is 0 Å². The molecule has 0 aromatic heterocycles. The molecule has 0 bridgehead atoms. The summed E-state index contributed by atoms with van der Waals surface area (Å²) in [7, 11) is 0. The van der Waals surface area contributed by atoms with Crippen molar-refractivity contribution in [3.63, 3.8) is 0 Å². The quantitative estimate of drug-likeness (QED) is 0.669. The zero-order valence-electron chi connectivity index (χ0n) is 19.5. The third-order valence-electron chi connectivity index (χ3n) is 7.61. The van der Waals surface area contributed by atoms with Gasteiger partial charge in [0, 0.05) is 44.5 Å². The molecule has 1 aromatic carbocycles. The first-order valence-electron chi connectivity index (χ1n) is 12.2. The average Bonchev–Trinajstić information content (AvgIpc) is 3.49. The topological polar surface area (TPSA) is 24.9 Å². The summed E-state index contributed by atoms with van der Waals surface area (Å²) in [6, 6.07) is 4.64. The van der Waals surface area contributed by atoms with Gasteiger partial charge in [-0.05, 0) is 66.4 Å². The molecule has 4 nitrogen and oxygen atoms in total. The minimum absolute atomic E-state index is 0.375. The summed E-state index contributed by atoms with van der Waals surface area (Å²) < 4.78 is 12.0. The number of piperazine rings is 1. The number of rotatable bonds is 4. The van der Waals surface area contributed by atoms with Gasteiger partial charge in [0.25, 0.3) is 0 Å². The summed E-state index contributed by atoms with van der Waals surface area (Å²) in [5.41, 5.74) is 3.65. The van der Waals surface area contributed by atoms with Crippen molar-refractivity contribution in [2.75, 3.05) is 50.8 Å². The van der Waals surface area contributed by atoms with Crippen LogP contribution in [-0.4, -0.2) is 50.8 Å². The normalized spacial score (nSPS) is 26.6. The maximum atomic E-state index is 6.02. The number of ether oxygens (including phenoxy) is 2. The third kappa shape index (κ3) is 4.44. The molecule has 4 heteroatoms. The Morgan fingerprint density at radius 1 is 0.867 bits per heavy atom. The number of nitrogens with zero attached hydrogens (tertiary/aromatic N) is 2. The van der Waals surface area contributed by atoms with Gasteiger partial charge in [0.05, 0.1) is 0 Å². The maximum absolute atomic E-state index is 6.02. The molecule has 0 radical (unpaired) electrons. The molecule has 166 valence electrons. The van der Waals surface area contributed by atoms with Gasteiger partial charge >= 0.3 is 0 Å². The van der Waals surface area contributed by atoms with E-state index >= 15 is 0 Å². The molecular formula is C26H40N2O2. The Morgan fingerprint density at radius 3 is 2.07 bits per heavy atom. The van der Waals surface area contributed by atoms with Crippen LogP contribution in [0.5, 0.6) is 11.5 Å². The minimum atomic E-state index is 0.375. The van der Waals surface area contributed by atoms with Gasteiger partial charge in [0.2, 0.25) is 0 Å². The fourth-order valence-electron chi connectivity index (χ4n) is 6.60. The van der Waals surface area contributed by atoms with E-state index < -0.39 is 0 Å². The number of fused-ring (bicyclic) bond motifs is 1. The molecule has 30 heavy (non-hydrogen) atoms. The van der Waals surface area contributed by atoms with E-state index in [2.05, 4.69) is 49.6 Å². The fourth-order valence-corrected chi connectivity index (χ4v) is 6.60. The van der Waals surface area contributed by atoms with Crippen LogP contribution < -0.4 is 14.4 Å². The van der Waals surface area contributed by atoms with Gasteiger partial charge in [0.15, 0.2) is 11.5 Å². The smallest absolute Gasteiger partial charge is 0.163 e. The molecule has 5 rings (SSSR count). The predicted molar refractivity (Wildman–Crippen MR) is 123 cm³/mol. The Kier molecular flexibility index (Phi) is 5.20. The predicted octanol–water partition coefficient (Wildman–Crippen LogP) is 5.31. The molecule has 3 fully saturated rings. The maximum Gasteiger partial charge on any atom is 0.163 e. The summed E-state index contributed by atoms with van der Waals surface area (Å²) in [5.74, 6) is 3.45. The molecule has 2 aliphatic carbocycles. The summed E-state index contributed by atoms with van der Waals surface area (Å²) in [5, 5.41) is 0. The number of hydrogen-bond acceptors (Lipinski definition) is 4. The number of anilines is 1. The van der Waals surface area contributed by atoms with Crippen LogP contribution in [0.15, 0.2) is 12.1 Å². The van der Waals surface area contributed by atoms with E-state index in [0.717, 1.165) is 30.5 Å². The molecule has 2 saturated carbocycles. The molecule has 1 aromatic rings. The Bertz CT molecular complexity index is 759. The lowest BCUT2D eigenvalue weighted by molar-refractivity contribution is 0.0966. The van der Waals surface area contributed by atoms with Crippen LogP contribution in [0.4, 0.5) is 5.69 Å². The molecule has 0 spiro atoms. The highest BCUT2D eigenvalue weighted by molar-refractivity contribution is 5.64. The van der Waals surface area contributed by atoms with E-state index in [0.29, 0.717) is 30.0 Å². The van der Waals surface area contributed by atoms with Gasteiger partial charge in [-0.3, -0.25) is 4.90 Å². The molecule has 4 aliphatic rings. The molecular weight excluding hydrogens is 372 g/mol. The molecule has 0 atom stereocenters. The summed E-state index contributed by atoms with van der Waals surface area (Å²) >= 11 is 0. The molecule has 0 amide bonds. The van der Waals surface area contributed by atoms with Crippen LogP contribution in [0.1, 0.15) is 71.3 Å². The monoisotopic (exact) mass is 412 g/mol. The lowest BCUT2D eigenvalue weighted by atomic mass is 9.60. The van der Waals surface area contributed by atoms with Gasteiger partial charge in [0.1, 0.15) is 13.2 Å². The van der Waals surface area contributed by atoms with E-state index in [4.69, 9.17) is 9.47 Å². The van der Waals surface area contributed by atoms with Crippen LogP contribution in [0.3, 0.4) is 0 Å². The highest BCUT2D eigenvalue weighted by Crippen LogP contribution is 2.54. The van der Waals surface area contributed by atoms with Crippen LogP contribution in [0, 0.1) is 16.7 Å². The lowest BCUT2D eigenvalue weighted by Crippen LogP contribution is -2.47. The van der Waals surface area contributed by atoms with Crippen molar-refractivity contribution in [3.8, 4) is 11.5 Å². The second-order valence-electron chi connectivity index (χ2n) is 11.9. The summed E-state index contributed by atoms with van der Waals surface area (Å²) in [4.78, 5) is 5.31. The van der Waals surface area contributed by atoms with Crippen molar-refractivity contribution in [3.05, 3.63) is 17.7 Å². The summed E-state index contributed by atoms with van der Waals surface area (Å²) in [6.45, 7) is 17.1. The molecule has 2 aliphatic heterocycles. The lowest BCUT2D eigenvalue weighted by Gasteiger charge is -2.46. The SMILES string of the molecule is CC1(C)CC(c2cc3c(cc2N2CCN(CC4CC4)CC2)OCCO3)CC(C)(C)C1. The minimum Gasteiger partial charge on any atom is -0.486 e. The number of benzene rings is 1. The highest BCUT2D eigenvalue weighted by Gasteiger charge is 2.40. The second-order valence-corrected chi connectivity index (χ2v) is 11.9. The van der Waals surface area contributed by atoms with Gasteiger partial charge in [-0.15, -0.1) is 0 Å². The Balaban J connectivity index is 1.44. The Labute approximate surface area is 182 Å². The molecule has 0 N–H and O–H groups in total. The third-order valence-corrected chi connectivity index (χ3v) is 7.61. The van der Waals surface area contributed by atoms with Crippen LogP contribution in [0.2, 0.25) is 0 Å². The van der Waals surface area contributed by atoms with Crippen molar-refractivity contribution in [2.24, 2.45) is 16.7 Å². The van der Waals surface area contributed by atoms with Crippen molar-refractivity contribution < 1.29 is 9.47 Å². The van der Waals surface area contributed by atoms with Crippen LogP contribution >= 0.6 is 0 Å². The van der Waals surface area contributed by atoms with Crippen molar-refractivity contribution >= 4 is 5.69 Å². The Hall–Kier alpha value is -1.42. The molecule has 2 heterocycles. The zero-order valence-corrected chi connectivity index (χ0v) is 19.5. The molecule has 1 saturated heterocycles. The van der Waals surface area contributed by atoms with Crippen molar-refractivity contribution in [1.82, 2.24) is 4.90 Å². The largest absolute Gasteiger partial charge is 0.486 e. The van der Waals surface area contributed by atoms with Crippen molar-refractivity contribution in [2.45, 2.75) is 65.7 Å². The van der Waals surface area contributed by atoms with Crippen LogP contribution in [0.25, 0.3) is 0 Å². The van der Waals surface area contributed by atoms with Gasteiger partial charge in [-0.1, -0.05) is 27.7 Å². The first kappa shape index (κ1) is 20.5. The first-order valence-corrected chi connectivity index (χ1v) is 12.2. The second kappa shape index (κ2) is 7.62. The highest BCUT2D eigenvalue weighted by atomic mass is 16.6. The standard InChI is InChI=1S/C26H40N2O2/c1-25(2)15-20(16-26(3,4)18-25)21-13-23-24(30-12-11-29-23)14-22(21)28-9-7-27(8-10-28)17-19-5-6-19/h13-14,19-20H,5-12,15-18H2,1-4H3. The number of hydrogen-bond donors (Lipinski definition) is 0. The van der Waals surface area contributed by atoms with Gasteiger partial charge in [-0.2, -0.15) is 0 Å². The van der Waals surface area contributed by atoms with E-state index in [1.807, 2.05) is 0 Å². The van der Waals surface area contributed by atoms with Crippen molar-refractivity contribution in [1.29, 1.82) is 0 Å². The Morgan fingerprint density at radius 2 is 1.47 bits per heavy atom. The van der Waals surface area contributed by atoms with Gasteiger partial charge < -0.3 is 14.4 Å². The van der Waals surface area contributed by atoms with E-state index in [-0.39, 0.29) is 0 Å². The zero-order chi connectivity index (χ0) is 20.9. The fraction of sp³-hybridized carbons (Fsp3) is 0.769. The van der Waals surface area contributed by atoms with E-state index in [1.54, 1.807) is 0 Å². The summed E-state index contributed by atoms with van der Waals surface area (Å²) in [6.07, 6.45) is 6.70. The van der Waals surface area contributed by atoms with Gasteiger partial charge in [-0.25, -0.2) is 0 Å². The first-order chi connectivity index (χ1) is 14.3. The van der Waals surface area contributed by atoms with E-state index in [1.165, 1.54) is 63.0 Å². The van der Waals surface area contributed by atoms with E-state index in [9.17, 15) is 0 Å². The average molecular weight is 413 g/mol. The molecule has 0 unspecified atom stereocenters.